The molecule has 0 rings (SSSR count). The molecule has 21 heavy (non-hydrogen) atoms. The highest BCUT2D eigenvalue weighted by atomic mass is 16.1. The number of carbonyl (C=O) groups is 1. The van der Waals surface area contributed by atoms with E-state index >= 15 is 0 Å². The predicted octanol–water partition coefficient (Wildman–Crippen LogP) is 2.52. The number of rotatable bonds is 12. The van der Waals surface area contributed by atoms with E-state index in [4.69, 9.17) is 22.6 Å². The first-order chi connectivity index (χ1) is 9.80. The van der Waals surface area contributed by atoms with Gasteiger partial charge in [0.15, 0.2) is 0 Å². The van der Waals surface area contributed by atoms with Gasteiger partial charge in [0.1, 0.15) is 0 Å². The standard InChI is InChI=1S/C16H34N4O/c1-4-6-10-16(9-5-2,15(20)21)12(3)11-13(17)7-8-14(18)19/h12-13H,4-11,17H2,1-3H3,(H3,18,19)(H2,20,21). The van der Waals surface area contributed by atoms with Gasteiger partial charge in [0.2, 0.25) is 5.91 Å². The Bertz CT molecular complexity index is 332. The van der Waals surface area contributed by atoms with Crippen LogP contribution < -0.4 is 17.2 Å². The summed E-state index contributed by atoms with van der Waals surface area (Å²) in [6.07, 6.45) is 6.63. The van der Waals surface area contributed by atoms with Crippen molar-refractivity contribution in [1.82, 2.24) is 0 Å². The molecule has 7 N–H and O–H groups in total. The molecule has 124 valence electrons. The van der Waals surface area contributed by atoms with Gasteiger partial charge in [-0.1, -0.05) is 40.0 Å². The summed E-state index contributed by atoms with van der Waals surface area (Å²) >= 11 is 0. The average molecular weight is 298 g/mol. The molecule has 3 atom stereocenters. The maximum absolute atomic E-state index is 12.1. The van der Waals surface area contributed by atoms with Crippen molar-refractivity contribution in [2.75, 3.05) is 0 Å². The third-order valence-electron chi connectivity index (χ3n) is 4.55. The van der Waals surface area contributed by atoms with E-state index in [1.54, 1.807) is 0 Å². The summed E-state index contributed by atoms with van der Waals surface area (Å²) < 4.78 is 0. The molecule has 1 amide bonds. The number of hydrogen-bond donors (Lipinski definition) is 4. The molecule has 0 saturated heterocycles. The number of primary amides is 1. The van der Waals surface area contributed by atoms with Crippen molar-refractivity contribution in [1.29, 1.82) is 5.41 Å². The van der Waals surface area contributed by atoms with Crippen LogP contribution in [0, 0.1) is 16.7 Å². The van der Waals surface area contributed by atoms with Crippen LogP contribution in [0.2, 0.25) is 0 Å². The number of nitrogens with two attached hydrogens (primary N) is 3. The van der Waals surface area contributed by atoms with Crippen molar-refractivity contribution in [2.24, 2.45) is 28.5 Å². The van der Waals surface area contributed by atoms with E-state index in [0.717, 1.165) is 38.5 Å². The first-order valence-corrected chi connectivity index (χ1v) is 8.18. The van der Waals surface area contributed by atoms with E-state index in [0.29, 0.717) is 12.8 Å². The summed E-state index contributed by atoms with van der Waals surface area (Å²) in [5.41, 5.74) is 16.8. The molecule has 0 fully saturated rings. The average Bonchev–Trinajstić information content (AvgIpc) is 2.40. The Labute approximate surface area is 129 Å². The van der Waals surface area contributed by atoms with Gasteiger partial charge in [-0.15, -0.1) is 0 Å². The lowest BCUT2D eigenvalue weighted by molar-refractivity contribution is -0.132. The molecule has 0 aromatic heterocycles. The van der Waals surface area contributed by atoms with Crippen LogP contribution in [-0.4, -0.2) is 17.8 Å². The number of carbonyl (C=O) groups excluding carboxylic acids is 1. The molecule has 0 aliphatic heterocycles. The SMILES string of the molecule is CCCCC(CCC)(C(N)=O)C(C)CC(N)CCC(=N)N. The van der Waals surface area contributed by atoms with Gasteiger partial charge in [-0.3, -0.25) is 10.2 Å². The second kappa shape index (κ2) is 9.77. The molecule has 5 heteroatoms. The zero-order chi connectivity index (χ0) is 16.5. The van der Waals surface area contributed by atoms with E-state index in [1.165, 1.54) is 0 Å². The van der Waals surface area contributed by atoms with E-state index in [9.17, 15) is 4.79 Å². The fourth-order valence-electron chi connectivity index (χ4n) is 3.18. The van der Waals surface area contributed by atoms with Crippen LogP contribution in [0.5, 0.6) is 0 Å². The van der Waals surface area contributed by atoms with Gasteiger partial charge < -0.3 is 17.2 Å². The van der Waals surface area contributed by atoms with Crippen molar-refractivity contribution in [3.8, 4) is 0 Å². The normalized spacial score (nSPS) is 17.0. The first kappa shape index (κ1) is 19.9. The number of amidine groups is 1. The van der Waals surface area contributed by atoms with E-state index < -0.39 is 5.41 Å². The van der Waals surface area contributed by atoms with Crippen molar-refractivity contribution < 1.29 is 4.79 Å². The van der Waals surface area contributed by atoms with Gasteiger partial charge in [0.05, 0.1) is 11.3 Å². The zero-order valence-corrected chi connectivity index (χ0v) is 14.0. The molecule has 0 aromatic rings. The Kier molecular flexibility index (Phi) is 9.26. The van der Waals surface area contributed by atoms with Gasteiger partial charge in [0.25, 0.3) is 0 Å². The number of unbranched alkanes of at least 4 members (excludes halogenated alkanes) is 1. The lowest BCUT2D eigenvalue weighted by Gasteiger charge is -2.37. The summed E-state index contributed by atoms with van der Waals surface area (Å²) in [5.74, 6) is 0.131. The summed E-state index contributed by atoms with van der Waals surface area (Å²) in [6, 6.07) is -0.0406. The topological polar surface area (TPSA) is 119 Å². The van der Waals surface area contributed by atoms with Gasteiger partial charge in [-0.25, -0.2) is 0 Å². The van der Waals surface area contributed by atoms with Crippen molar-refractivity contribution in [3.05, 3.63) is 0 Å². The molecule has 0 radical (unpaired) electrons. The number of amides is 1. The molecule has 3 unspecified atom stereocenters. The quantitative estimate of drug-likeness (QED) is 0.327. The van der Waals surface area contributed by atoms with E-state index in [-0.39, 0.29) is 23.7 Å². The lowest BCUT2D eigenvalue weighted by atomic mass is 9.67. The van der Waals surface area contributed by atoms with Crippen molar-refractivity contribution >= 4 is 11.7 Å². The predicted molar refractivity (Wildman–Crippen MR) is 89.0 cm³/mol. The Morgan fingerprint density at radius 3 is 2.24 bits per heavy atom. The highest BCUT2D eigenvalue weighted by Gasteiger charge is 2.40. The molecule has 0 heterocycles. The number of hydrogen-bond acceptors (Lipinski definition) is 3. The van der Waals surface area contributed by atoms with Gasteiger partial charge >= 0.3 is 0 Å². The Balaban J connectivity index is 4.87. The second-order valence-corrected chi connectivity index (χ2v) is 6.33. The minimum Gasteiger partial charge on any atom is -0.388 e. The zero-order valence-electron chi connectivity index (χ0n) is 14.0. The first-order valence-electron chi connectivity index (χ1n) is 8.18. The fraction of sp³-hybridized carbons (Fsp3) is 0.875. The monoisotopic (exact) mass is 298 g/mol. The molecule has 5 nitrogen and oxygen atoms in total. The maximum atomic E-state index is 12.1. The Morgan fingerprint density at radius 1 is 1.19 bits per heavy atom. The van der Waals surface area contributed by atoms with Crippen LogP contribution in [0.25, 0.3) is 0 Å². The minimum atomic E-state index is -0.446. The molecule has 0 bridgehead atoms. The van der Waals surface area contributed by atoms with Gasteiger partial charge in [-0.2, -0.15) is 0 Å². The lowest BCUT2D eigenvalue weighted by Crippen LogP contribution is -2.44. The summed E-state index contributed by atoms with van der Waals surface area (Å²) in [7, 11) is 0. The van der Waals surface area contributed by atoms with Gasteiger partial charge in [-0.05, 0) is 31.6 Å². The van der Waals surface area contributed by atoms with Crippen LogP contribution in [0.3, 0.4) is 0 Å². The highest BCUT2D eigenvalue weighted by molar-refractivity contribution is 5.81. The van der Waals surface area contributed by atoms with E-state index in [1.807, 2.05) is 0 Å². The van der Waals surface area contributed by atoms with Crippen molar-refractivity contribution in [2.45, 2.75) is 78.2 Å². The summed E-state index contributed by atoms with van der Waals surface area (Å²) in [5, 5.41) is 7.27. The Hall–Kier alpha value is -1.10. The third kappa shape index (κ3) is 6.46. The van der Waals surface area contributed by atoms with Crippen LogP contribution >= 0.6 is 0 Å². The van der Waals surface area contributed by atoms with Crippen LogP contribution in [0.1, 0.15) is 72.1 Å². The number of nitrogens with one attached hydrogen (secondary N) is 1. The molecular weight excluding hydrogens is 264 g/mol. The van der Waals surface area contributed by atoms with Crippen LogP contribution in [0.4, 0.5) is 0 Å². The minimum absolute atomic E-state index is 0.0406. The van der Waals surface area contributed by atoms with Crippen LogP contribution in [0.15, 0.2) is 0 Å². The molecule has 0 aromatic carbocycles. The van der Waals surface area contributed by atoms with E-state index in [2.05, 4.69) is 20.8 Å². The van der Waals surface area contributed by atoms with Crippen LogP contribution in [-0.2, 0) is 4.79 Å². The molecular formula is C16H34N4O. The smallest absolute Gasteiger partial charge is 0.223 e. The maximum Gasteiger partial charge on any atom is 0.223 e. The van der Waals surface area contributed by atoms with Crippen molar-refractivity contribution in [3.63, 3.8) is 0 Å². The van der Waals surface area contributed by atoms with Gasteiger partial charge in [0, 0.05) is 12.5 Å². The third-order valence-corrected chi connectivity index (χ3v) is 4.55. The second-order valence-electron chi connectivity index (χ2n) is 6.33. The molecule has 0 saturated carbocycles. The molecule has 0 spiro atoms. The fourth-order valence-corrected chi connectivity index (χ4v) is 3.18. The molecule has 0 aliphatic rings. The summed E-state index contributed by atoms with van der Waals surface area (Å²) in [4.78, 5) is 12.1. The Morgan fingerprint density at radius 2 is 1.81 bits per heavy atom. The molecule has 0 aliphatic carbocycles. The largest absolute Gasteiger partial charge is 0.388 e. The summed E-state index contributed by atoms with van der Waals surface area (Å²) in [6.45, 7) is 6.30. The highest BCUT2D eigenvalue weighted by Crippen LogP contribution is 2.40.